The largest absolute Gasteiger partial charge is 0.472 e. The van der Waals surface area contributed by atoms with E-state index < -0.39 is 0 Å². The zero-order chi connectivity index (χ0) is 16.2. The predicted octanol–water partition coefficient (Wildman–Crippen LogP) is 1.28. The molecular formula is C17H19N3O3. The minimum atomic E-state index is -0.159. The number of nitrogens with zero attached hydrogens (tertiary/aromatic N) is 1. The predicted molar refractivity (Wildman–Crippen MR) is 87.7 cm³/mol. The van der Waals surface area contributed by atoms with Crippen molar-refractivity contribution in [2.75, 3.05) is 18.0 Å². The van der Waals surface area contributed by atoms with Gasteiger partial charge < -0.3 is 15.0 Å². The highest BCUT2D eigenvalue weighted by Gasteiger charge is 2.28. The molecule has 1 aliphatic heterocycles. The van der Waals surface area contributed by atoms with Crippen molar-refractivity contribution >= 4 is 11.6 Å². The van der Waals surface area contributed by atoms with Crippen LogP contribution in [0.1, 0.15) is 12.5 Å². The van der Waals surface area contributed by atoms with Gasteiger partial charge in [0.25, 0.3) is 5.56 Å². The van der Waals surface area contributed by atoms with Crippen LogP contribution in [0.2, 0.25) is 0 Å². The van der Waals surface area contributed by atoms with Crippen molar-refractivity contribution in [3.8, 4) is 5.88 Å². The van der Waals surface area contributed by atoms with Crippen molar-refractivity contribution in [2.24, 2.45) is 0 Å². The Morgan fingerprint density at radius 2 is 2.00 bits per heavy atom. The molecule has 6 nitrogen and oxygen atoms in total. The van der Waals surface area contributed by atoms with Gasteiger partial charge in [0.15, 0.2) is 5.88 Å². The number of carbonyl (C=O) groups is 1. The van der Waals surface area contributed by atoms with Gasteiger partial charge >= 0.3 is 0 Å². The molecule has 1 fully saturated rings. The van der Waals surface area contributed by atoms with Crippen molar-refractivity contribution < 1.29 is 9.53 Å². The molecule has 23 heavy (non-hydrogen) atoms. The molecule has 1 saturated heterocycles. The first kappa shape index (κ1) is 15.1. The molecule has 2 aromatic rings. The molecule has 6 heteroatoms. The zero-order valence-corrected chi connectivity index (χ0v) is 12.9. The molecular weight excluding hydrogens is 294 g/mol. The number of ether oxygens (including phenoxy) is 1. The van der Waals surface area contributed by atoms with E-state index in [-0.39, 0.29) is 17.6 Å². The van der Waals surface area contributed by atoms with E-state index in [0.717, 1.165) is 24.3 Å². The number of rotatable bonds is 5. The maximum absolute atomic E-state index is 11.2. The molecule has 0 unspecified atom stereocenters. The Labute approximate surface area is 134 Å². The average molecular weight is 313 g/mol. The molecule has 120 valence electrons. The highest BCUT2D eigenvalue weighted by atomic mass is 16.5. The van der Waals surface area contributed by atoms with Gasteiger partial charge in [0.05, 0.1) is 13.1 Å². The number of H-pyrrole nitrogens is 1. The Morgan fingerprint density at radius 3 is 2.65 bits per heavy atom. The van der Waals surface area contributed by atoms with E-state index >= 15 is 0 Å². The molecule has 0 bridgehead atoms. The van der Waals surface area contributed by atoms with Crippen molar-refractivity contribution in [1.29, 1.82) is 0 Å². The molecule has 3 rings (SSSR count). The SMILES string of the molecule is CC(=O)NCc1ccc(N2CC(Oc3cccc(=O)[nH]3)C2)cc1. The molecule has 0 spiro atoms. The van der Waals surface area contributed by atoms with Gasteiger partial charge in [-0.3, -0.25) is 14.6 Å². The number of benzene rings is 1. The standard InChI is InChI=1S/C17H19N3O3/c1-12(21)18-9-13-5-7-14(8-6-13)20-10-15(11-20)23-17-4-2-3-16(22)19-17/h2-8,15H,9-11H2,1H3,(H,18,21)(H,19,22). The summed E-state index contributed by atoms with van der Waals surface area (Å²) < 4.78 is 5.73. The van der Waals surface area contributed by atoms with Crippen LogP contribution in [-0.2, 0) is 11.3 Å². The molecule has 2 N–H and O–H groups in total. The number of amides is 1. The lowest BCUT2D eigenvalue weighted by atomic mass is 10.1. The van der Waals surface area contributed by atoms with E-state index in [1.54, 1.807) is 12.1 Å². The lowest BCUT2D eigenvalue weighted by Crippen LogP contribution is -2.54. The number of hydrogen-bond acceptors (Lipinski definition) is 4. The van der Waals surface area contributed by atoms with E-state index in [2.05, 4.69) is 15.2 Å². The summed E-state index contributed by atoms with van der Waals surface area (Å²) in [6, 6.07) is 13.0. The summed E-state index contributed by atoms with van der Waals surface area (Å²) in [6.45, 7) is 3.61. The molecule has 0 radical (unpaired) electrons. The summed E-state index contributed by atoms with van der Waals surface area (Å²) in [5, 5.41) is 2.78. The molecule has 0 aliphatic carbocycles. The first-order chi connectivity index (χ1) is 11.1. The molecule has 0 atom stereocenters. The summed E-state index contributed by atoms with van der Waals surface area (Å²) in [7, 11) is 0. The van der Waals surface area contributed by atoms with Gasteiger partial charge in [-0.15, -0.1) is 0 Å². The van der Waals surface area contributed by atoms with Gasteiger partial charge in [0, 0.05) is 25.2 Å². The van der Waals surface area contributed by atoms with Gasteiger partial charge in [-0.1, -0.05) is 18.2 Å². The van der Waals surface area contributed by atoms with Crippen LogP contribution < -0.4 is 20.5 Å². The van der Waals surface area contributed by atoms with E-state index in [4.69, 9.17) is 4.74 Å². The minimum Gasteiger partial charge on any atom is -0.472 e. The number of anilines is 1. The number of hydrogen-bond donors (Lipinski definition) is 2. The van der Waals surface area contributed by atoms with Crippen LogP contribution >= 0.6 is 0 Å². The zero-order valence-electron chi connectivity index (χ0n) is 12.9. The first-order valence-electron chi connectivity index (χ1n) is 7.54. The quantitative estimate of drug-likeness (QED) is 0.872. The fourth-order valence-corrected chi connectivity index (χ4v) is 2.45. The smallest absolute Gasteiger partial charge is 0.250 e. The summed E-state index contributed by atoms with van der Waals surface area (Å²) in [6.07, 6.45) is 0.0760. The maximum atomic E-state index is 11.2. The van der Waals surface area contributed by atoms with Gasteiger partial charge in [-0.25, -0.2) is 0 Å². The van der Waals surface area contributed by atoms with E-state index in [1.165, 1.54) is 13.0 Å². The Bertz CT molecular complexity index is 733. The van der Waals surface area contributed by atoms with Crippen molar-refractivity contribution in [3.63, 3.8) is 0 Å². The summed E-state index contributed by atoms with van der Waals surface area (Å²) in [5.41, 5.74) is 2.03. The second kappa shape index (κ2) is 6.56. The van der Waals surface area contributed by atoms with Gasteiger partial charge in [0.1, 0.15) is 6.10 Å². The molecule has 2 heterocycles. The Kier molecular flexibility index (Phi) is 4.32. The number of aromatic nitrogens is 1. The van der Waals surface area contributed by atoms with Crippen LogP contribution in [-0.4, -0.2) is 30.1 Å². The van der Waals surface area contributed by atoms with E-state index in [1.807, 2.05) is 24.3 Å². The normalized spacial score (nSPS) is 14.2. The van der Waals surface area contributed by atoms with E-state index in [9.17, 15) is 9.59 Å². The number of pyridine rings is 1. The van der Waals surface area contributed by atoms with Crippen molar-refractivity contribution in [3.05, 3.63) is 58.4 Å². The average Bonchev–Trinajstić information content (AvgIpc) is 2.49. The van der Waals surface area contributed by atoms with Crippen molar-refractivity contribution in [2.45, 2.75) is 19.6 Å². The van der Waals surface area contributed by atoms with Crippen LogP contribution in [0.15, 0.2) is 47.3 Å². The van der Waals surface area contributed by atoms with E-state index in [0.29, 0.717) is 12.4 Å². The summed E-state index contributed by atoms with van der Waals surface area (Å²) >= 11 is 0. The van der Waals surface area contributed by atoms with Crippen LogP contribution in [0, 0.1) is 0 Å². The maximum Gasteiger partial charge on any atom is 0.250 e. The Morgan fingerprint density at radius 1 is 1.26 bits per heavy atom. The first-order valence-corrected chi connectivity index (χ1v) is 7.54. The third-order valence-electron chi connectivity index (χ3n) is 3.73. The fraction of sp³-hybridized carbons (Fsp3) is 0.294. The number of carbonyl (C=O) groups excluding carboxylic acids is 1. The molecule has 1 aromatic heterocycles. The lowest BCUT2D eigenvalue weighted by molar-refractivity contribution is -0.119. The van der Waals surface area contributed by atoms with Gasteiger partial charge in [-0.2, -0.15) is 0 Å². The van der Waals surface area contributed by atoms with Gasteiger partial charge in [0.2, 0.25) is 5.91 Å². The second-order valence-corrected chi connectivity index (χ2v) is 5.60. The molecule has 1 amide bonds. The van der Waals surface area contributed by atoms with Crippen LogP contribution in [0.4, 0.5) is 5.69 Å². The van der Waals surface area contributed by atoms with Crippen LogP contribution in [0.3, 0.4) is 0 Å². The monoisotopic (exact) mass is 313 g/mol. The summed E-state index contributed by atoms with van der Waals surface area (Å²) in [5.74, 6) is 0.476. The number of nitrogens with one attached hydrogen (secondary N) is 2. The van der Waals surface area contributed by atoms with Crippen LogP contribution in [0.5, 0.6) is 5.88 Å². The van der Waals surface area contributed by atoms with Crippen molar-refractivity contribution in [1.82, 2.24) is 10.3 Å². The second-order valence-electron chi connectivity index (χ2n) is 5.60. The topological polar surface area (TPSA) is 74.4 Å². The van der Waals surface area contributed by atoms with Crippen LogP contribution in [0.25, 0.3) is 0 Å². The van der Waals surface area contributed by atoms with Gasteiger partial charge in [-0.05, 0) is 23.8 Å². The third-order valence-corrected chi connectivity index (χ3v) is 3.73. The number of aromatic amines is 1. The summed E-state index contributed by atoms with van der Waals surface area (Å²) in [4.78, 5) is 27.0. The lowest BCUT2D eigenvalue weighted by Gasteiger charge is -2.40. The Hall–Kier alpha value is -2.76. The highest BCUT2D eigenvalue weighted by molar-refractivity contribution is 5.72. The fourth-order valence-electron chi connectivity index (χ4n) is 2.45. The molecule has 1 aliphatic rings. The highest BCUT2D eigenvalue weighted by Crippen LogP contribution is 2.23. The third kappa shape index (κ3) is 3.91. The molecule has 1 aromatic carbocycles. The molecule has 0 saturated carbocycles. The Balaban J connectivity index is 1.51. The minimum absolute atomic E-state index is 0.0317.